The number of amides is 1. The zero-order valence-electron chi connectivity index (χ0n) is 12.6. The molecule has 0 radical (unpaired) electrons. The zero-order valence-corrected chi connectivity index (χ0v) is 12.6. The highest BCUT2D eigenvalue weighted by molar-refractivity contribution is 5.88. The van der Waals surface area contributed by atoms with Crippen LogP contribution in [0.1, 0.15) is 58.8 Å². The molecule has 0 spiro atoms. The predicted octanol–water partition coefficient (Wildman–Crippen LogP) is 2.33. The molecule has 2 rings (SSSR count). The van der Waals surface area contributed by atoms with E-state index in [1.165, 1.54) is 12.8 Å². The molecule has 2 aliphatic rings. The van der Waals surface area contributed by atoms with E-state index >= 15 is 0 Å². The average molecular weight is 281 g/mol. The lowest BCUT2D eigenvalue weighted by molar-refractivity contribution is -0.139. The van der Waals surface area contributed by atoms with E-state index in [1.807, 2.05) is 4.90 Å². The van der Waals surface area contributed by atoms with E-state index in [4.69, 9.17) is 10.9 Å². The number of rotatable bonds is 4. The van der Waals surface area contributed by atoms with Crippen LogP contribution in [0.2, 0.25) is 0 Å². The van der Waals surface area contributed by atoms with E-state index in [0.29, 0.717) is 0 Å². The average Bonchev–Trinajstić information content (AvgIpc) is 3.03. The van der Waals surface area contributed by atoms with E-state index in [0.717, 1.165) is 32.1 Å². The fourth-order valence-electron chi connectivity index (χ4n) is 3.79. The highest BCUT2D eigenvalue weighted by Gasteiger charge is 2.42. The van der Waals surface area contributed by atoms with Gasteiger partial charge in [-0.25, -0.2) is 0 Å². The maximum atomic E-state index is 12.9. The van der Waals surface area contributed by atoms with Gasteiger partial charge in [0.2, 0.25) is 5.91 Å². The SMILES string of the molecule is CC1(C)CCCC1C(=O)N(CC(N)=NO)C1CCCC1. The van der Waals surface area contributed by atoms with Gasteiger partial charge < -0.3 is 15.8 Å². The fraction of sp³-hybridized carbons (Fsp3) is 0.867. The minimum atomic E-state index is 0.0685. The summed E-state index contributed by atoms with van der Waals surface area (Å²) in [7, 11) is 0. The Kier molecular flexibility index (Phi) is 4.55. The van der Waals surface area contributed by atoms with E-state index in [1.54, 1.807) is 0 Å². The van der Waals surface area contributed by atoms with Crippen molar-refractivity contribution in [2.75, 3.05) is 6.54 Å². The number of nitrogens with two attached hydrogens (primary N) is 1. The van der Waals surface area contributed by atoms with Gasteiger partial charge in [0, 0.05) is 12.0 Å². The van der Waals surface area contributed by atoms with Gasteiger partial charge in [0.15, 0.2) is 5.84 Å². The number of carbonyl (C=O) groups is 1. The first-order valence-corrected chi connectivity index (χ1v) is 7.72. The third-order valence-corrected chi connectivity index (χ3v) is 5.06. The van der Waals surface area contributed by atoms with Crippen molar-refractivity contribution >= 4 is 11.7 Å². The van der Waals surface area contributed by atoms with Gasteiger partial charge in [0.25, 0.3) is 0 Å². The molecule has 0 aromatic heterocycles. The van der Waals surface area contributed by atoms with Gasteiger partial charge in [-0.2, -0.15) is 0 Å². The second-order valence-electron chi connectivity index (χ2n) is 6.93. The molecule has 114 valence electrons. The molecule has 0 bridgehead atoms. The first-order chi connectivity index (χ1) is 9.45. The third kappa shape index (κ3) is 3.07. The van der Waals surface area contributed by atoms with Crippen LogP contribution in [0.5, 0.6) is 0 Å². The molecular weight excluding hydrogens is 254 g/mol. The maximum absolute atomic E-state index is 12.9. The number of oxime groups is 1. The summed E-state index contributed by atoms with van der Waals surface area (Å²) in [4.78, 5) is 14.8. The van der Waals surface area contributed by atoms with E-state index in [9.17, 15) is 4.79 Å². The normalized spacial score (nSPS) is 26.9. The monoisotopic (exact) mass is 281 g/mol. The van der Waals surface area contributed by atoms with Gasteiger partial charge in [-0.1, -0.05) is 38.3 Å². The van der Waals surface area contributed by atoms with Crippen LogP contribution in [0.4, 0.5) is 0 Å². The van der Waals surface area contributed by atoms with E-state index in [-0.39, 0.29) is 35.7 Å². The molecular formula is C15H27N3O2. The molecule has 0 aliphatic heterocycles. The Balaban J connectivity index is 2.14. The lowest BCUT2D eigenvalue weighted by atomic mass is 9.81. The van der Waals surface area contributed by atoms with Crippen molar-refractivity contribution in [1.29, 1.82) is 0 Å². The Morgan fingerprint density at radius 3 is 2.45 bits per heavy atom. The molecule has 1 amide bonds. The zero-order chi connectivity index (χ0) is 14.8. The van der Waals surface area contributed by atoms with Crippen molar-refractivity contribution in [2.24, 2.45) is 22.2 Å². The van der Waals surface area contributed by atoms with Gasteiger partial charge in [-0.3, -0.25) is 4.79 Å². The van der Waals surface area contributed by atoms with Crippen LogP contribution < -0.4 is 5.73 Å². The summed E-state index contributed by atoms with van der Waals surface area (Å²) in [6.07, 6.45) is 7.59. The van der Waals surface area contributed by atoms with Gasteiger partial charge in [0.05, 0.1) is 6.54 Å². The second kappa shape index (κ2) is 6.02. The lowest BCUT2D eigenvalue weighted by Crippen LogP contribution is -2.48. The van der Waals surface area contributed by atoms with Gasteiger partial charge >= 0.3 is 0 Å². The van der Waals surface area contributed by atoms with Crippen LogP contribution in [0.25, 0.3) is 0 Å². The summed E-state index contributed by atoms with van der Waals surface area (Å²) in [6, 6.07) is 0.263. The Bertz CT molecular complexity index is 387. The molecule has 20 heavy (non-hydrogen) atoms. The van der Waals surface area contributed by atoms with E-state index in [2.05, 4.69) is 19.0 Å². The summed E-state index contributed by atoms with van der Waals surface area (Å²) in [5, 5.41) is 11.8. The molecule has 5 heteroatoms. The topological polar surface area (TPSA) is 78.9 Å². The molecule has 2 aliphatic carbocycles. The van der Waals surface area contributed by atoms with Crippen LogP contribution >= 0.6 is 0 Å². The largest absolute Gasteiger partial charge is 0.409 e. The Labute approximate surface area is 121 Å². The van der Waals surface area contributed by atoms with Crippen LogP contribution in [0.15, 0.2) is 5.16 Å². The Hall–Kier alpha value is -1.26. The number of hydrogen-bond donors (Lipinski definition) is 2. The number of amidine groups is 1. The highest BCUT2D eigenvalue weighted by Crippen LogP contribution is 2.44. The summed E-state index contributed by atoms with van der Waals surface area (Å²) in [5.74, 6) is 0.404. The minimum absolute atomic E-state index is 0.0685. The molecule has 5 nitrogen and oxygen atoms in total. The molecule has 0 saturated heterocycles. The molecule has 0 heterocycles. The molecule has 2 saturated carbocycles. The van der Waals surface area contributed by atoms with Crippen LogP contribution in [-0.4, -0.2) is 34.4 Å². The van der Waals surface area contributed by atoms with Crippen LogP contribution in [-0.2, 0) is 4.79 Å². The number of nitrogens with zero attached hydrogens (tertiary/aromatic N) is 2. The molecule has 1 unspecified atom stereocenters. The first kappa shape index (κ1) is 15.1. The quantitative estimate of drug-likeness (QED) is 0.359. The molecule has 1 atom stereocenters. The van der Waals surface area contributed by atoms with Crippen LogP contribution in [0, 0.1) is 11.3 Å². The summed E-state index contributed by atoms with van der Waals surface area (Å²) in [6.45, 7) is 4.62. The van der Waals surface area contributed by atoms with Crippen molar-refractivity contribution in [3.63, 3.8) is 0 Å². The lowest BCUT2D eigenvalue weighted by Gasteiger charge is -2.35. The Morgan fingerprint density at radius 2 is 1.95 bits per heavy atom. The number of hydrogen-bond acceptors (Lipinski definition) is 3. The van der Waals surface area contributed by atoms with Crippen molar-refractivity contribution in [1.82, 2.24) is 4.90 Å². The molecule has 0 aromatic carbocycles. The molecule has 2 fully saturated rings. The smallest absolute Gasteiger partial charge is 0.226 e. The molecule has 0 aromatic rings. The summed E-state index contributed by atoms with van der Waals surface area (Å²) < 4.78 is 0. The van der Waals surface area contributed by atoms with Crippen molar-refractivity contribution in [3.8, 4) is 0 Å². The second-order valence-corrected chi connectivity index (χ2v) is 6.93. The number of carbonyl (C=O) groups excluding carboxylic acids is 1. The minimum Gasteiger partial charge on any atom is -0.409 e. The summed E-state index contributed by atoms with van der Waals surface area (Å²) >= 11 is 0. The van der Waals surface area contributed by atoms with E-state index < -0.39 is 0 Å². The van der Waals surface area contributed by atoms with Crippen molar-refractivity contribution in [3.05, 3.63) is 0 Å². The van der Waals surface area contributed by atoms with Crippen LogP contribution in [0.3, 0.4) is 0 Å². The van der Waals surface area contributed by atoms with Gasteiger partial charge in [0.1, 0.15) is 0 Å². The van der Waals surface area contributed by atoms with Crippen molar-refractivity contribution in [2.45, 2.75) is 64.8 Å². The standard InChI is InChI=1S/C15H27N3O2/c1-15(2)9-5-8-12(15)14(19)18(10-13(16)17-20)11-6-3-4-7-11/h11-12,20H,3-10H2,1-2H3,(H2,16,17). The summed E-state index contributed by atoms with van der Waals surface area (Å²) in [5.41, 5.74) is 5.72. The first-order valence-electron chi connectivity index (χ1n) is 7.72. The Morgan fingerprint density at radius 1 is 1.30 bits per heavy atom. The van der Waals surface area contributed by atoms with Crippen molar-refractivity contribution < 1.29 is 10.0 Å². The van der Waals surface area contributed by atoms with Gasteiger partial charge in [-0.15, -0.1) is 0 Å². The fourth-order valence-corrected chi connectivity index (χ4v) is 3.79. The maximum Gasteiger partial charge on any atom is 0.226 e. The third-order valence-electron chi connectivity index (χ3n) is 5.06. The predicted molar refractivity (Wildman–Crippen MR) is 78.5 cm³/mol. The highest BCUT2D eigenvalue weighted by atomic mass is 16.4. The van der Waals surface area contributed by atoms with Gasteiger partial charge in [-0.05, 0) is 31.1 Å². The molecule has 3 N–H and O–H groups in total.